The lowest BCUT2D eigenvalue weighted by Gasteiger charge is -2.35. The third-order valence-electron chi connectivity index (χ3n) is 6.06. The molecule has 0 radical (unpaired) electrons. The molecule has 5 nitrogen and oxygen atoms in total. The van der Waals surface area contributed by atoms with Crippen molar-refractivity contribution in [1.29, 1.82) is 0 Å². The molecular formula is C25H25ClN4O. The molecule has 158 valence electrons. The summed E-state index contributed by atoms with van der Waals surface area (Å²) in [5.74, 6) is 1.07. The van der Waals surface area contributed by atoms with Gasteiger partial charge in [-0.3, -0.25) is 9.69 Å². The summed E-state index contributed by atoms with van der Waals surface area (Å²) in [4.78, 5) is 24.0. The number of hydrogen-bond donors (Lipinski definition) is 0. The zero-order chi connectivity index (χ0) is 21.2. The lowest BCUT2D eigenvalue weighted by Crippen LogP contribution is -2.46. The Hall–Kier alpha value is -2.89. The van der Waals surface area contributed by atoms with Crippen LogP contribution in [-0.2, 0) is 19.6 Å². The van der Waals surface area contributed by atoms with Crippen LogP contribution < -0.4 is 4.90 Å². The van der Waals surface area contributed by atoms with Crippen molar-refractivity contribution in [3.05, 3.63) is 94.1 Å². The number of carbonyl (C=O) groups is 1. The second kappa shape index (κ2) is 8.69. The number of fused-ring (bicyclic) bond motifs is 1. The van der Waals surface area contributed by atoms with Crippen LogP contribution in [0.2, 0.25) is 5.02 Å². The van der Waals surface area contributed by atoms with Crippen molar-refractivity contribution in [2.24, 2.45) is 0 Å². The van der Waals surface area contributed by atoms with Crippen LogP contribution in [0.1, 0.15) is 27.0 Å². The summed E-state index contributed by atoms with van der Waals surface area (Å²) >= 11 is 6.58. The van der Waals surface area contributed by atoms with Crippen molar-refractivity contribution >= 4 is 23.3 Å². The van der Waals surface area contributed by atoms with Crippen molar-refractivity contribution in [3.63, 3.8) is 0 Å². The van der Waals surface area contributed by atoms with Crippen molar-refractivity contribution in [3.8, 4) is 0 Å². The number of hydrogen-bond acceptors (Lipinski definition) is 4. The van der Waals surface area contributed by atoms with Gasteiger partial charge in [0.2, 0.25) is 0 Å². The molecule has 0 bridgehead atoms. The van der Waals surface area contributed by atoms with E-state index in [1.165, 1.54) is 5.56 Å². The molecule has 1 aromatic heterocycles. The minimum atomic E-state index is 0.0272. The first-order valence-corrected chi connectivity index (χ1v) is 11.1. The molecule has 2 aromatic carbocycles. The summed E-state index contributed by atoms with van der Waals surface area (Å²) in [6.45, 7) is 5.93. The molecule has 2 aliphatic rings. The lowest BCUT2D eigenvalue weighted by molar-refractivity contribution is 0.0767. The van der Waals surface area contributed by atoms with Gasteiger partial charge >= 0.3 is 0 Å². The normalized spacial score (nSPS) is 16.6. The fourth-order valence-corrected chi connectivity index (χ4v) is 4.82. The maximum absolute atomic E-state index is 12.9. The molecule has 3 heterocycles. The topological polar surface area (TPSA) is 39.7 Å². The molecule has 1 saturated heterocycles. The number of amides is 1. The molecule has 3 aromatic rings. The predicted octanol–water partition coefficient (Wildman–Crippen LogP) is 4.21. The Morgan fingerprint density at radius 3 is 2.39 bits per heavy atom. The van der Waals surface area contributed by atoms with Gasteiger partial charge in [0.15, 0.2) is 0 Å². The highest BCUT2D eigenvalue weighted by Crippen LogP contribution is 2.32. The van der Waals surface area contributed by atoms with Crippen molar-refractivity contribution in [1.82, 2.24) is 14.8 Å². The summed E-state index contributed by atoms with van der Waals surface area (Å²) in [6, 6.07) is 20.3. The van der Waals surface area contributed by atoms with Gasteiger partial charge in [-0.1, -0.05) is 54.1 Å². The number of piperazine rings is 1. The average molecular weight is 433 g/mol. The molecule has 1 fully saturated rings. The highest BCUT2D eigenvalue weighted by atomic mass is 35.5. The van der Waals surface area contributed by atoms with Gasteiger partial charge in [0.1, 0.15) is 5.82 Å². The monoisotopic (exact) mass is 432 g/mol. The highest BCUT2D eigenvalue weighted by Gasteiger charge is 2.30. The van der Waals surface area contributed by atoms with E-state index in [9.17, 15) is 4.79 Å². The summed E-state index contributed by atoms with van der Waals surface area (Å²) in [5.41, 5.74) is 4.01. The third-order valence-corrected chi connectivity index (χ3v) is 6.36. The predicted molar refractivity (Wildman–Crippen MR) is 123 cm³/mol. The van der Waals surface area contributed by atoms with E-state index in [4.69, 9.17) is 11.6 Å². The van der Waals surface area contributed by atoms with E-state index in [1.807, 2.05) is 59.6 Å². The standard InChI is InChI=1S/C25H25ClN4O/c26-22-15-20(16-28-10-12-29(13-11-28)23-8-4-5-9-27-23)14-21-18-30(25(31)24(21)22)17-19-6-2-1-3-7-19/h1-9,14-15H,10-13,16-18H2. The van der Waals surface area contributed by atoms with Crippen LogP contribution in [0.25, 0.3) is 0 Å². The molecule has 2 aliphatic heterocycles. The maximum atomic E-state index is 12.9. The van der Waals surface area contributed by atoms with E-state index in [0.717, 1.165) is 49.7 Å². The van der Waals surface area contributed by atoms with E-state index in [0.29, 0.717) is 23.7 Å². The van der Waals surface area contributed by atoms with Gasteiger partial charge in [0.05, 0.1) is 10.6 Å². The molecule has 0 saturated carbocycles. The van der Waals surface area contributed by atoms with Gasteiger partial charge in [-0.2, -0.15) is 0 Å². The Labute approximate surface area is 187 Å². The Balaban J connectivity index is 1.24. The minimum absolute atomic E-state index is 0.0272. The summed E-state index contributed by atoms with van der Waals surface area (Å²) in [5, 5.41) is 0.570. The van der Waals surface area contributed by atoms with Crippen LogP contribution in [0.15, 0.2) is 66.9 Å². The molecular weight excluding hydrogens is 408 g/mol. The second-order valence-corrected chi connectivity index (χ2v) is 8.62. The first kappa shape index (κ1) is 20.0. The third kappa shape index (κ3) is 4.29. The van der Waals surface area contributed by atoms with Gasteiger partial charge in [-0.25, -0.2) is 4.98 Å². The number of halogens is 1. The molecule has 31 heavy (non-hydrogen) atoms. The number of aromatic nitrogens is 1. The largest absolute Gasteiger partial charge is 0.354 e. The van der Waals surface area contributed by atoms with Crippen LogP contribution in [0, 0.1) is 0 Å². The number of pyridine rings is 1. The lowest BCUT2D eigenvalue weighted by atomic mass is 10.1. The van der Waals surface area contributed by atoms with Crippen molar-refractivity contribution in [2.45, 2.75) is 19.6 Å². The molecule has 6 heteroatoms. The van der Waals surface area contributed by atoms with E-state index in [1.54, 1.807) is 0 Å². The number of benzene rings is 2. The van der Waals surface area contributed by atoms with Gasteiger partial charge in [-0.05, 0) is 34.9 Å². The Bertz CT molecular complexity index is 1070. The molecule has 0 N–H and O–H groups in total. The molecule has 0 spiro atoms. The van der Waals surface area contributed by atoms with E-state index >= 15 is 0 Å². The summed E-state index contributed by atoms with van der Waals surface area (Å²) in [7, 11) is 0. The van der Waals surface area contributed by atoms with Crippen LogP contribution in [0.3, 0.4) is 0 Å². The number of anilines is 1. The van der Waals surface area contributed by atoms with Crippen molar-refractivity contribution in [2.75, 3.05) is 31.1 Å². The first-order chi connectivity index (χ1) is 15.2. The highest BCUT2D eigenvalue weighted by molar-refractivity contribution is 6.34. The number of carbonyl (C=O) groups excluding carboxylic acids is 1. The molecule has 0 atom stereocenters. The van der Waals surface area contributed by atoms with Gasteiger partial charge in [0, 0.05) is 52.0 Å². The molecule has 1 amide bonds. The van der Waals surface area contributed by atoms with Gasteiger partial charge < -0.3 is 9.80 Å². The van der Waals surface area contributed by atoms with E-state index < -0.39 is 0 Å². The zero-order valence-electron chi connectivity index (χ0n) is 17.4. The zero-order valence-corrected chi connectivity index (χ0v) is 18.1. The van der Waals surface area contributed by atoms with Gasteiger partial charge in [0.25, 0.3) is 5.91 Å². The summed E-state index contributed by atoms with van der Waals surface area (Å²) < 4.78 is 0. The number of nitrogens with zero attached hydrogens (tertiary/aromatic N) is 4. The Morgan fingerprint density at radius 1 is 0.871 bits per heavy atom. The smallest absolute Gasteiger partial charge is 0.256 e. The van der Waals surface area contributed by atoms with Crippen LogP contribution in [0.4, 0.5) is 5.82 Å². The Kier molecular flexibility index (Phi) is 5.62. The maximum Gasteiger partial charge on any atom is 0.256 e. The van der Waals surface area contributed by atoms with Crippen molar-refractivity contribution < 1.29 is 4.79 Å². The van der Waals surface area contributed by atoms with Crippen LogP contribution in [0.5, 0.6) is 0 Å². The molecule has 5 rings (SSSR count). The molecule has 0 unspecified atom stereocenters. The average Bonchev–Trinajstić information content (AvgIpc) is 3.11. The van der Waals surface area contributed by atoms with E-state index in [-0.39, 0.29) is 5.91 Å². The molecule has 0 aliphatic carbocycles. The fraction of sp³-hybridized carbons (Fsp3) is 0.280. The van der Waals surface area contributed by atoms with Crippen LogP contribution in [-0.4, -0.2) is 46.9 Å². The minimum Gasteiger partial charge on any atom is -0.354 e. The van der Waals surface area contributed by atoms with Crippen LogP contribution >= 0.6 is 11.6 Å². The SMILES string of the molecule is O=C1c2c(Cl)cc(CN3CCN(c4ccccn4)CC3)cc2CN1Cc1ccccc1. The van der Waals surface area contributed by atoms with Gasteiger partial charge in [-0.15, -0.1) is 0 Å². The quantitative estimate of drug-likeness (QED) is 0.605. The summed E-state index contributed by atoms with van der Waals surface area (Å²) in [6.07, 6.45) is 1.84. The van der Waals surface area contributed by atoms with E-state index in [2.05, 4.69) is 26.9 Å². The fourth-order valence-electron chi connectivity index (χ4n) is 4.48. The number of rotatable bonds is 5. The second-order valence-electron chi connectivity index (χ2n) is 8.21. The first-order valence-electron chi connectivity index (χ1n) is 10.7. The Morgan fingerprint density at radius 2 is 1.65 bits per heavy atom.